The molecule has 1 aliphatic heterocycles. The van der Waals surface area contributed by atoms with Gasteiger partial charge in [-0.1, -0.05) is 60.2 Å². The molecule has 1 N–H and O–H groups in total. The van der Waals surface area contributed by atoms with E-state index in [1.54, 1.807) is 31.2 Å². The van der Waals surface area contributed by atoms with Crippen molar-refractivity contribution in [1.29, 1.82) is 0 Å². The SMILES string of the molecule is Cc1ccc(COC(=O)CN2C(=O)N[C@@](C)(c3ccccc3)C2=O)cc1. The molecule has 6 nitrogen and oxygen atoms in total. The molecule has 26 heavy (non-hydrogen) atoms. The molecule has 1 fully saturated rings. The van der Waals surface area contributed by atoms with E-state index in [2.05, 4.69) is 5.32 Å². The standard InChI is InChI=1S/C20H20N2O4/c1-14-8-10-15(11-9-14)13-26-17(23)12-22-18(24)20(2,21-19(22)25)16-6-4-3-5-7-16/h3-11H,12-13H2,1-2H3,(H,21,25)/t20-/m0/s1. The lowest BCUT2D eigenvalue weighted by Crippen LogP contribution is -2.41. The minimum absolute atomic E-state index is 0.0959. The largest absolute Gasteiger partial charge is 0.459 e. The van der Waals surface area contributed by atoms with Crippen molar-refractivity contribution in [2.24, 2.45) is 0 Å². The molecule has 134 valence electrons. The lowest BCUT2D eigenvalue weighted by molar-refractivity contribution is -0.148. The van der Waals surface area contributed by atoms with E-state index in [-0.39, 0.29) is 6.61 Å². The first-order valence-electron chi connectivity index (χ1n) is 8.31. The highest BCUT2D eigenvalue weighted by Gasteiger charge is 2.49. The van der Waals surface area contributed by atoms with Crippen LogP contribution in [0, 0.1) is 6.92 Å². The maximum absolute atomic E-state index is 12.7. The van der Waals surface area contributed by atoms with Gasteiger partial charge in [0.2, 0.25) is 0 Å². The number of aryl methyl sites for hydroxylation is 1. The summed E-state index contributed by atoms with van der Waals surface area (Å²) >= 11 is 0. The average molecular weight is 352 g/mol. The first-order chi connectivity index (χ1) is 12.4. The van der Waals surface area contributed by atoms with Crippen molar-refractivity contribution in [3.05, 3.63) is 71.3 Å². The lowest BCUT2D eigenvalue weighted by Gasteiger charge is -2.21. The number of rotatable bonds is 5. The zero-order valence-corrected chi connectivity index (χ0v) is 14.7. The van der Waals surface area contributed by atoms with Gasteiger partial charge in [0, 0.05) is 0 Å². The minimum Gasteiger partial charge on any atom is -0.459 e. The van der Waals surface area contributed by atoms with E-state index in [4.69, 9.17) is 4.74 Å². The number of benzene rings is 2. The Balaban J connectivity index is 1.64. The lowest BCUT2D eigenvalue weighted by atomic mass is 9.92. The molecular weight excluding hydrogens is 332 g/mol. The smallest absolute Gasteiger partial charge is 0.326 e. The number of hydrogen-bond donors (Lipinski definition) is 1. The molecule has 1 atom stereocenters. The molecule has 0 aliphatic carbocycles. The number of ether oxygens (including phenoxy) is 1. The quantitative estimate of drug-likeness (QED) is 0.663. The number of carbonyl (C=O) groups excluding carboxylic acids is 3. The third-order valence-electron chi connectivity index (χ3n) is 4.43. The van der Waals surface area contributed by atoms with Crippen molar-refractivity contribution in [2.45, 2.75) is 26.0 Å². The predicted octanol–water partition coefficient (Wildman–Crippen LogP) is 2.51. The highest BCUT2D eigenvalue weighted by Crippen LogP contribution is 2.28. The zero-order valence-electron chi connectivity index (χ0n) is 14.7. The Kier molecular flexibility index (Phi) is 4.75. The van der Waals surface area contributed by atoms with Gasteiger partial charge in [-0.15, -0.1) is 0 Å². The summed E-state index contributed by atoms with van der Waals surface area (Å²) in [5.74, 6) is -1.10. The van der Waals surface area contributed by atoms with Crippen molar-refractivity contribution in [3.63, 3.8) is 0 Å². The van der Waals surface area contributed by atoms with Crippen LogP contribution in [0.5, 0.6) is 0 Å². The van der Waals surface area contributed by atoms with E-state index in [1.807, 2.05) is 37.3 Å². The topological polar surface area (TPSA) is 75.7 Å². The summed E-state index contributed by atoms with van der Waals surface area (Å²) in [6.07, 6.45) is 0. The molecule has 0 spiro atoms. The van der Waals surface area contributed by atoms with Gasteiger partial charge in [-0.25, -0.2) is 4.79 Å². The van der Waals surface area contributed by atoms with E-state index in [0.717, 1.165) is 16.0 Å². The molecule has 3 amide bonds. The number of imide groups is 1. The van der Waals surface area contributed by atoms with Crippen LogP contribution in [0.1, 0.15) is 23.6 Å². The van der Waals surface area contributed by atoms with Crippen LogP contribution in [0.4, 0.5) is 4.79 Å². The molecule has 2 aromatic carbocycles. The molecular formula is C20H20N2O4. The Morgan fingerprint density at radius 2 is 1.73 bits per heavy atom. The number of nitrogens with zero attached hydrogens (tertiary/aromatic N) is 1. The molecule has 3 rings (SSSR count). The van der Waals surface area contributed by atoms with Crippen LogP contribution in [-0.2, 0) is 26.5 Å². The molecule has 0 bridgehead atoms. The third-order valence-corrected chi connectivity index (χ3v) is 4.43. The Labute approximate surface area is 151 Å². The van der Waals surface area contributed by atoms with Gasteiger partial charge in [-0.3, -0.25) is 14.5 Å². The minimum atomic E-state index is -1.18. The van der Waals surface area contributed by atoms with Crippen LogP contribution < -0.4 is 5.32 Å². The monoisotopic (exact) mass is 352 g/mol. The van der Waals surface area contributed by atoms with Crippen molar-refractivity contribution in [3.8, 4) is 0 Å². The number of hydrogen-bond acceptors (Lipinski definition) is 4. The Bertz CT molecular complexity index is 833. The number of carbonyl (C=O) groups is 3. The highest BCUT2D eigenvalue weighted by atomic mass is 16.5. The van der Waals surface area contributed by atoms with Gasteiger partial charge in [0.25, 0.3) is 5.91 Å². The maximum atomic E-state index is 12.7. The van der Waals surface area contributed by atoms with Gasteiger partial charge < -0.3 is 10.1 Å². The van der Waals surface area contributed by atoms with Crippen molar-refractivity contribution in [1.82, 2.24) is 10.2 Å². The van der Waals surface area contributed by atoms with E-state index < -0.39 is 30.0 Å². The van der Waals surface area contributed by atoms with Gasteiger partial charge in [0.15, 0.2) is 0 Å². The molecule has 1 aliphatic rings. The van der Waals surface area contributed by atoms with E-state index in [0.29, 0.717) is 5.56 Å². The van der Waals surface area contributed by atoms with Crippen molar-refractivity contribution in [2.75, 3.05) is 6.54 Å². The van der Waals surface area contributed by atoms with Crippen LogP contribution in [0.3, 0.4) is 0 Å². The molecule has 2 aromatic rings. The summed E-state index contributed by atoms with van der Waals surface area (Å²) < 4.78 is 5.19. The van der Waals surface area contributed by atoms with Gasteiger partial charge in [-0.05, 0) is 25.0 Å². The molecule has 0 aromatic heterocycles. The summed E-state index contributed by atoms with van der Waals surface area (Å²) in [6, 6.07) is 15.9. The van der Waals surface area contributed by atoms with Crippen molar-refractivity contribution >= 4 is 17.9 Å². The molecule has 0 saturated carbocycles. The highest BCUT2D eigenvalue weighted by molar-refractivity contribution is 6.08. The van der Waals surface area contributed by atoms with Gasteiger partial charge in [-0.2, -0.15) is 0 Å². The Morgan fingerprint density at radius 3 is 2.38 bits per heavy atom. The Morgan fingerprint density at radius 1 is 1.08 bits per heavy atom. The first-order valence-corrected chi connectivity index (χ1v) is 8.31. The average Bonchev–Trinajstić information content (AvgIpc) is 2.86. The second-order valence-electron chi connectivity index (χ2n) is 6.46. The van der Waals surface area contributed by atoms with E-state index in [1.165, 1.54) is 0 Å². The number of nitrogens with one attached hydrogen (secondary N) is 1. The van der Waals surface area contributed by atoms with Crippen LogP contribution in [0.25, 0.3) is 0 Å². The van der Waals surface area contributed by atoms with Gasteiger partial charge in [0.1, 0.15) is 18.7 Å². The summed E-state index contributed by atoms with van der Waals surface area (Å²) in [6.45, 7) is 3.27. The molecule has 1 heterocycles. The zero-order chi connectivity index (χ0) is 18.7. The fraction of sp³-hybridized carbons (Fsp3) is 0.250. The van der Waals surface area contributed by atoms with Crippen LogP contribution >= 0.6 is 0 Å². The fourth-order valence-corrected chi connectivity index (χ4v) is 2.83. The van der Waals surface area contributed by atoms with Gasteiger partial charge >= 0.3 is 12.0 Å². The van der Waals surface area contributed by atoms with Crippen LogP contribution in [0.2, 0.25) is 0 Å². The molecule has 1 saturated heterocycles. The first kappa shape index (κ1) is 17.7. The van der Waals surface area contributed by atoms with E-state index >= 15 is 0 Å². The molecule has 0 radical (unpaired) electrons. The Hall–Kier alpha value is -3.15. The number of urea groups is 1. The molecule has 0 unspecified atom stereocenters. The number of amides is 3. The normalized spacial score (nSPS) is 19.4. The van der Waals surface area contributed by atoms with Crippen LogP contribution in [-0.4, -0.2) is 29.4 Å². The summed E-state index contributed by atoms with van der Waals surface area (Å²) in [7, 11) is 0. The summed E-state index contributed by atoms with van der Waals surface area (Å²) in [5.41, 5.74) is 1.43. The summed E-state index contributed by atoms with van der Waals surface area (Å²) in [5, 5.41) is 2.66. The fourth-order valence-electron chi connectivity index (χ4n) is 2.83. The van der Waals surface area contributed by atoms with Crippen molar-refractivity contribution < 1.29 is 19.1 Å². The molecule has 6 heteroatoms. The predicted molar refractivity (Wildman–Crippen MR) is 95.0 cm³/mol. The second-order valence-corrected chi connectivity index (χ2v) is 6.46. The maximum Gasteiger partial charge on any atom is 0.326 e. The van der Waals surface area contributed by atoms with Crippen LogP contribution in [0.15, 0.2) is 54.6 Å². The second kappa shape index (κ2) is 7.00. The summed E-state index contributed by atoms with van der Waals surface area (Å²) in [4.78, 5) is 37.9. The van der Waals surface area contributed by atoms with Gasteiger partial charge in [0.05, 0.1) is 0 Å². The van der Waals surface area contributed by atoms with E-state index in [9.17, 15) is 14.4 Å². The number of esters is 1. The third kappa shape index (κ3) is 3.44.